The minimum atomic E-state index is 0.444. The Bertz CT molecular complexity index is 661. The van der Waals surface area contributed by atoms with E-state index in [0.29, 0.717) is 18.1 Å². The topological polar surface area (TPSA) is 51.0 Å². The summed E-state index contributed by atoms with van der Waals surface area (Å²) >= 11 is 5.60. The third-order valence-corrected chi connectivity index (χ3v) is 4.03. The second-order valence-electron chi connectivity index (χ2n) is 4.20. The predicted octanol–water partition coefficient (Wildman–Crippen LogP) is 4.45. The molecule has 0 bridgehead atoms. The maximum absolute atomic E-state index is 8.61. The molecular weight excluding hydrogens is 449 g/mol. The molecule has 0 heterocycles. The van der Waals surface area contributed by atoms with Crippen molar-refractivity contribution in [2.24, 2.45) is 5.16 Å². The molecule has 0 atom stereocenters. The highest BCUT2D eigenvalue weighted by Gasteiger charge is 2.11. The van der Waals surface area contributed by atoms with Crippen LogP contribution < -0.4 is 9.47 Å². The fraction of sp³-hybridized carbons (Fsp3) is 0.133. The number of nitrogens with zero attached hydrogens (tertiary/aromatic N) is 1. The molecule has 0 fully saturated rings. The van der Waals surface area contributed by atoms with Crippen molar-refractivity contribution in [3.05, 3.63) is 55.6 Å². The number of ether oxygens (including phenoxy) is 2. The molecule has 4 nitrogen and oxygen atoms in total. The lowest BCUT2D eigenvalue weighted by atomic mass is 10.2. The molecule has 0 unspecified atom stereocenters. The molecule has 0 saturated heterocycles. The smallest absolute Gasteiger partial charge is 0.174 e. The first-order valence-corrected chi connectivity index (χ1v) is 7.93. The summed E-state index contributed by atoms with van der Waals surface area (Å²) in [5, 5.41) is 11.6. The van der Waals surface area contributed by atoms with E-state index in [1.165, 1.54) is 6.21 Å². The monoisotopic (exact) mass is 461 g/mol. The summed E-state index contributed by atoms with van der Waals surface area (Å²) < 4.78 is 13.1. The largest absolute Gasteiger partial charge is 0.493 e. The summed E-state index contributed by atoms with van der Waals surface area (Å²) in [7, 11) is 1.58. The average molecular weight is 462 g/mol. The van der Waals surface area contributed by atoms with E-state index >= 15 is 0 Å². The molecule has 0 aliphatic heterocycles. The van der Waals surface area contributed by atoms with Crippen LogP contribution in [-0.4, -0.2) is 18.5 Å². The van der Waals surface area contributed by atoms with Crippen molar-refractivity contribution in [3.8, 4) is 11.5 Å². The minimum absolute atomic E-state index is 0.444. The van der Waals surface area contributed by atoms with Crippen LogP contribution in [0.4, 0.5) is 0 Å². The summed E-state index contributed by atoms with van der Waals surface area (Å²) in [6.07, 6.45) is 1.35. The quantitative estimate of drug-likeness (QED) is 0.310. The molecule has 2 aromatic carbocycles. The molecule has 0 saturated carbocycles. The van der Waals surface area contributed by atoms with E-state index in [1.54, 1.807) is 13.2 Å². The van der Waals surface area contributed by atoms with Crippen LogP contribution in [0.25, 0.3) is 0 Å². The number of methoxy groups -OCH3 is 1. The molecule has 2 rings (SSSR count). The molecule has 0 radical (unpaired) electrons. The zero-order valence-electron chi connectivity index (χ0n) is 11.2. The maximum Gasteiger partial charge on any atom is 0.174 e. The van der Waals surface area contributed by atoms with Crippen LogP contribution in [0.2, 0.25) is 0 Å². The molecule has 1 N–H and O–H groups in total. The molecule has 6 heteroatoms. The van der Waals surface area contributed by atoms with Crippen molar-refractivity contribution in [3.63, 3.8) is 0 Å². The number of hydrogen-bond donors (Lipinski definition) is 1. The fourth-order valence-corrected chi connectivity index (χ4v) is 3.03. The third-order valence-electron chi connectivity index (χ3n) is 2.73. The average Bonchev–Trinajstić information content (AvgIpc) is 2.46. The van der Waals surface area contributed by atoms with Crippen molar-refractivity contribution >= 4 is 44.7 Å². The van der Waals surface area contributed by atoms with E-state index in [2.05, 4.69) is 43.7 Å². The highest BCUT2D eigenvalue weighted by atomic mass is 127. The summed E-state index contributed by atoms with van der Waals surface area (Å²) in [5.41, 5.74) is 1.80. The van der Waals surface area contributed by atoms with Gasteiger partial charge in [-0.15, -0.1) is 0 Å². The summed E-state index contributed by atoms with van der Waals surface area (Å²) in [5.74, 6) is 1.28. The first-order valence-electron chi connectivity index (χ1n) is 6.06. The van der Waals surface area contributed by atoms with Gasteiger partial charge in [-0.2, -0.15) is 0 Å². The molecule has 21 heavy (non-hydrogen) atoms. The Kier molecular flexibility index (Phi) is 5.86. The van der Waals surface area contributed by atoms with Crippen LogP contribution in [0.1, 0.15) is 11.1 Å². The van der Waals surface area contributed by atoms with E-state index in [-0.39, 0.29) is 0 Å². The normalized spacial score (nSPS) is 10.8. The van der Waals surface area contributed by atoms with Gasteiger partial charge >= 0.3 is 0 Å². The minimum Gasteiger partial charge on any atom is -0.493 e. The first-order chi connectivity index (χ1) is 10.1. The summed E-state index contributed by atoms with van der Waals surface area (Å²) in [6.45, 7) is 0.444. The van der Waals surface area contributed by atoms with Gasteiger partial charge in [0.15, 0.2) is 11.5 Å². The van der Waals surface area contributed by atoms with Gasteiger partial charge in [-0.3, -0.25) is 0 Å². The van der Waals surface area contributed by atoms with Gasteiger partial charge in [0.1, 0.15) is 6.61 Å². The Morgan fingerprint density at radius 1 is 1.33 bits per heavy atom. The van der Waals surface area contributed by atoms with Crippen molar-refractivity contribution in [1.82, 2.24) is 0 Å². The third kappa shape index (κ3) is 4.34. The molecule has 0 amide bonds. The number of rotatable bonds is 5. The molecular formula is C15H13BrINO3. The number of halogens is 2. The Balaban J connectivity index is 2.23. The van der Waals surface area contributed by atoms with Gasteiger partial charge in [0.05, 0.1) is 16.9 Å². The zero-order chi connectivity index (χ0) is 15.2. The van der Waals surface area contributed by atoms with E-state index in [0.717, 1.165) is 19.2 Å². The van der Waals surface area contributed by atoms with Gasteiger partial charge in [0.25, 0.3) is 0 Å². The standard InChI is InChI=1S/C15H13BrINO3/c1-20-14-7-11(8-18-19)6-13(17)15(14)21-9-10-3-2-4-12(16)5-10/h2-8,19H,9H2,1H3/b18-8-. The Hall–Kier alpha value is -1.28. The summed E-state index contributed by atoms with van der Waals surface area (Å²) in [4.78, 5) is 0. The zero-order valence-corrected chi connectivity index (χ0v) is 15.0. The van der Waals surface area contributed by atoms with Crippen LogP contribution in [-0.2, 0) is 6.61 Å². The highest BCUT2D eigenvalue weighted by Crippen LogP contribution is 2.34. The Labute approximate surface area is 145 Å². The molecule has 0 spiro atoms. The lowest BCUT2D eigenvalue weighted by Gasteiger charge is -2.13. The molecule has 0 aliphatic carbocycles. The van der Waals surface area contributed by atoms with Crippen molar-refractivity contribution < 1.29 is 14.7 Å². The van der Waals surface area contributed by atoms with Crippen LogP contribution in [0.15, 0.2) is 46.0 Å². The van der Waals surface area contributed by atoms with Crippen molar-refractivity contribution in [1.29, 1.82) is 0 Å². The lowest BCUT2D eigenvalue weighted by molar-refractivity contribution is 0.282. The van der Waals surface area contributed by atoms with Gasteiger partial charge in [0.2, 0.25) is 0 Å². The van der Waals surface area contributed by atoms with Crippen LogP contribution in [0, 0.1) is 3.57 Å². The second kappa shape index (κ2) is 7.65. The SMILES string of the molecule is COc1cc(/C=N\O)cc(I)c1OCc1cccc(Br)c1. The Morgan fingerprint density at radius 3 is 2.81 bits per heavy atom. The van der Waals surface area contributed by atoms with E-state index < -0.39 is 0 Å². The Morgan fingerprint density at radius 2 is 2.14 bits per heavy atom. The summed E-state index contributed by atoms with van der Waals surface area (Å²) in [6, 6.07) is 11.6. The molecule has 0 aromatic heterocycles. The van der Waals surface area contributed by atoms with Gasteiger partial charge in [0, 0.05) is 10.0 Å². The van der Waals surface area contributed by atoms with Crippen molar-refractivity contribution in [2.45, 2.75) is 6.61 Å². The van der Waals surface area contributed by atoms with Crippen molar-refractivity contribution in [2.75, 3.05) is 7.11 Å². The molecule has 2 aromatic rings. The number of oxime groups is 1. The number of benzene rings is 2. The van der Waals surface area contributed by atoms with Crippen LogP contribution in [0.5, 0.6) is 11.5 Å². The second-order valence-corrected chi connectivity index (χ2v) is 6.28. The van der Waals surface area contributed by atoms with Crippen LogP contribution >= 0.6 is 38.5 Å². The molecule has 110 valence electrons. The van der Waals surface area contributed by atoms with E-state index in [4.69, 9.17) is 14.7 Å². The maximum atomic E-state index is 8.61. The van der Waals surface area contributed by atoms with E-state index in [9.17, 15) is 0 Å². The van der Waals surface area contributed by atoms with Crippen LogP contribution in [0.3, 0.4) is 0 Å². The number of hydrogen-bond acceptors (Lipinski definition) is 4. The first kappa shape index (κ1) is 16.1. The fourth-order valence-electron chi connectivity index (χ4n) is 1.80. The lowest BCUT2D eigenvalue weighted by Crippen LogP contribution is -2.00. The highest BCUT2D eigenvalue weighted by molar-refractivity contribution is 14.1. The van der Waals surface area contributed by atoms with Gasteiger partial charge in [-0.05, 0) is 52.4 Å². The van der Waals surface area contributed by atoms with Gasteiger partial charge < -0.3 is 14.7 Å². The predicted molar refractivity (Wildman–Crippen MR) is 93.6 cm³/mol. The van der Waals surface area contributed by atoms with Gasteiger partial charge in [-0.25, -0.2) is 0 Å². The van der Waals surface area contributed by atoms with E-state index in [1.807, 2.05) is 30.3 Å². The van der Waals surface area contributed by atoms with Gasteiger partial charge in [-0.1, -0.05) is 33.2 Å². The molecule has 0 aliphatic rings.